The fraction of sp³-hybridized carbons (Fsp3) is 0.407. The highest BCUT2D eigenvalue weighted by Crippen LogP contribution is 2.32. The van der Waals surface area contributed by atoms with Crippen LogP contribution in [0.3, 0.4) is 0 Å². The van der Waals surface area contributed by atoms with Gasteiger partial charge in [-0.25, -0.2) is 0 Å². The molecule has 0 radical (unpaired) electrons. The monoisotopic (exact) mass is 454 g/mol. The highest BCUT2D eigenvalue weighted by molar-refractivity contribution is 5.95. The first-order valence-electron chi connectivity index (χ1n) is 12.1. The van der Waals surface area contributed by atoms with Crippen LogP contribution in [0.25, 0.3) is 10.9 Å². The van der Waals surface area contributed by atoms with Crippen molar-refractivity contribution in [3.8, 4) is 6.07 Å². The van der Waals surface area contributed by atoms with Crippen molar-refractivity contribution in [3.05, 3.63) is 65.4 Å². The Morgan fingerprint density at radius 2 is 1.91 bits per heavy atom. The number of hydrogen-bond acceptors (Lipinski definition) is 7. The molecule has 0 amide bonds. The van der Waals surface area contributed by atoms with Gasteiger partial charge in [0.2, 0.25) is 0 Å². The van der Waals surface area contributed by atoms with Gasteiger partial charge in [0.05, 0.1) is 23.3 Å². The number of benzene rings is 2. The average Bonchev–Trinajstić information content (AvgIpc) is 3.22. The number of nitrogens with zero attached hydrogens (tertiary/aromatic N) is 5. The van der Waals surface area contributed by atoms with Crippen LogP contribution >= 0.6 is 0 Å². The van der Waals surface area contributed by atoms with Crippen LogP contribution in [-0.2, 0) is 17.8 Å². The van der Waals surface area contributed by atoms with E-state index in [2.05, 4.69) is 63.0 Å². The molecule has 3 aliphatic rings. The van der Waals surface area contributed by atoms with Crippen molar-refractivity contribution >= 4 is 22.3 Å². The molecule has 0 aliphatic carbocycles. The van der Waals surface area contributed by atoms with E-state index >= 15 is 0 Å². The second-order valence-corrected chi connectivity index (χ2v) is 9.91. The van der Waals surface area contributed by atoms with E-state index in [0.717, 1.165) is 62.4 Å². The Bertz CT molecular complexity index is 1260. The van der Waals surface area contributed by atoms with Crippen molar-refractivity contribution < 1.29 is 4.74 Å². The van der Waals surface area contributed by atoms with Crippen LogP contribution in [0.2, 0.25) is 0 Å². The van der Waals surface area contributed by atoms with E-state index in [1.165, 1.54) is 16.8 Å². The zero-order chi connectivity index (χ0) is 23.2. The van der Waals surface area contributed by atoms with Gasteiger partial charge in [0.1, 0.15) is 6.07 Å². The van der Waals surface area contributed by atoms with Crippen LogP contribution in [0.5, 0.6) is 0 Å². The molecule has 2 N–H and O–H groups in total. The maximum Gasteiger partial charge on any atom is 0.101 e. The number of rotatable bonds is 4. The number of aromatic nitrogens is 1. The summed E-state index contributed by atoms with van der Waals surface area (Å²) in [6, 6.07) is 17.4. The number of morpholine rings is 1. The van der Waals surface area contributed by atoms with Gasteiger partial charge in [0.15, 0.2) is 0 Å². The molecule has 2 fully saturated rings. The van der Waals surface area contributed by atoms with Crippen LogP contribution in [0, 0.1) is 11.3 Å². The van der Waals surface area contributed by atoms with E-state index in [1.54, 1.807) is 6.20 Å². The van der Waals surface area contributed by atoms with E-state index in [-0.39, 0.29) is 12.2 Å². The fourth-order valence-corrected chi connectivity index (χ4v) is 5.66. The van der Waals surface area contributed by atoms with Gasteiger partial charge < -0.3 is 20.3 Å². The number of ether oxygens (including phenoxy) is 1. The molecular weight excluding hydrogens is 424 g/mol. The maximum absolute atomic E-state index is 9.49. The Kier molecular flexibility index (Phi) is 5.37. The van der Waals surface area contributed by atoms with Crippen molar-refractivity contribution in [1.82, 2.24) is 9.88 Å². The Morgan fingerprint density at radius 1 is 1.06 bits per heavy atom. The van der Waals surface area contributed by atoms with E-state index in [1.807, 2.05) is 12.1 Å². The summed E-state index contributed by atoms with van der Waals surface area (Å²) in [5.41, 5.74) is 12.6. The molecule has 0 saturated carbocycles. The third-order valence-electron chi connectivity index (χ3n) is 7.25. The second-order valence-electron chi connectivity index (χ2n) is 9.91. The van der Waals surface area contributed by atoms with E-state index in [4.69, 9.17) is 10.5 Å². The van der Waals surface area contributed by atoms with Gasteiger partial charge in [-0.3, -0.25) is 9.88 Å². The van der Waals surface area contributed by atoms with Gasteiger partial charge in [0.25, 0.3) is 0 Å². The molecule has 4 heterocycles. The van der Waals surface area contributed by atoms with Crippen molar-refractivity contribution in [1.29, 1.82) is 5.26 Å². The van der Waals surface area contributed by atoms with Crippen LogP contribution < -0.4 is 15.5 Å². The summed E-state index contributed by atoms with van der Waals surface area (Å²) in [6.45, 7) is 8.52. The lowest BCUT2D eigenvalue weighted by molar-refractivity contribution is -0.0329. The smallest absolute Gasteiger partial charge is 0.101 e. The summed E-state index contributed by atoms with van der Waals surface area (Å²) >= 11 is 0. The molecule has 6 rings (SSSR count). The largest absolute Gasteiger partial charge is 0.370 e. The predicted octanol–water partition coefficient (Wildman–Crippen LogP) is 2.86. The van der Waals surface area contributed by atoms with Crippen LogP contribution in [0.1, 0.15) is 23.6 Å². The zero-order valence-electron chi connectivity index (χ0n) is 19.5. The summed E-state index contributed by atoms with van der Waals surface area (Å²) in [4.78, 5) is 11.7. The lowest BCUT2D eigenvalue weighted by Crippen LogP contribution is -2.55. The van der Waals surface area contributed by atoms with Gasteiger partial charge in [-0.05, 0) is 54.4 Å². The molecule has 2 saturated heterocycles. The van der Waals surface area contributed by atoms with E-state index < -0.39 is 0 Å². The first-order valence-corrected chi connectivity index (χ1v) is 12.1. The molecule has 7 nitrogen and oxygen atoms in total. The van der Waals surface area contributed by atoms with Gasteiger partial charge in [-0.15, -0.1) is 0 Å². The predicted molar refractivity (Wildman–Crippen MR) is 134 cm³/mol. The molecule has 2 atom stereocenters. The number of fused-ring (bicyclic) bond motifs is 2. The first kappa shape index (κ1) is 21.4. The van der Waals surface area contributed by atoms with Crippen molar-refractivity contribution in [3.63, 3.8) is 0 Å². The molecule has 0 bridgehead atoms. The van der Waals surface area contributed by atoms with E-state index in [9.17, 15) is 5.26 Å². The summed E-state index contributed by atoms with van der Waals surface area (Å²) in [7, 11) is 0. The molecule has 7 heteroatoms. The normalized spacial score (nSPS) is 23.1. The summed E-state index contributed by atoms with van der Waals surface area (Å²) in [5.74, 6) is 0. The second kappa shape index (κ2) is 8.55. The van der Waals surface area contributed by atoms with Gasteiger partial charge in [0, 0.05) is 74.8 Å². The Morgan fingerprint density at radius 3 is 2.74 bits per heavy atom. The quantitative estimate of drug-likeness (QED) is 0.649. The zero-order valence-corrected chi connectivity index (χ0v) is 19.5. The Hall–Kier alpha value is -3.18. The summed E-state index contributed by atoms with van der Waals surface area (Å²) < 4.78 is 6.38. The van der Waals surface area contributed by atoms with Gasteiger partial charge >= 0.3 is 0 Å². The molecule has 0 unspecified atom stereocenters. The Labute approximate surface area is 200 Å². The summed E-state index contributed by atoms with van der Waals surface area (Å²) in [6.07, 6.45) is 2.01. The first-order chi connectivity index (χ1) is 16.6. The average molecular weight is 455 g/mol. The molecule has 34 heavy (non-hydrogen) atoms. The number of anilines is 2. The third kappa shape index (κ3) is 3.88. The SMILES string of the molecule is C[C@@H]1CN(c2ccc(C#N)c3ncccc23)C[C@H](CN2Cc3ccc(N4CC(N)C4)cc3C2)O1. The molecule has 0 spiro atoms. The number of nitriles is 1. The van der Waals surface area contributed by atoms with Crippen molar-refractivity contribution in [2.75, 3.05) is 42.5 Å². The van der Waals surface area contributed by atoms with Crippen LogP contribution in [0.4, 0.5) is 11.4 Å². The lowest BCUT2D eigenvalue weighted by atomic mass is 10.1. The minimum Gasteiger partial charge on any atom is -0.370 e. The van der Waals surface area contributed by atoms with E-state index in [0.29, 0.717) is 11.6 Å². The minimum atomic E-state index is 0.119. The third-order valence-corrected chi connectivity index (χ3v) is 7.25. The van der Waals surface area contributed by atoms with Crippen LogP contribution in [-0.4, -0.2) is 60.9 Å². The minimum absolute atomic E-state index is 0.119. The lowest BCUT2D eigenvalue weighted by Gasteiger charge is -2.40. The topological polar surface area (TPSA) is 81.7 Å². The molecule has 3 aliphatic heterocycles. The Balaban J connectivity index is 1.17. The van der Waals surface area contributed by atoms with Gasteiger partial charge in [-0.1, -0.05) is 6.07 Å². The van der Waals surface area contributed by atoms with Crippen LogP contribution in [0.15, 0.2) is 48.7 Å². The fourth-order valence-electron chi connectivity index (χ4n) is 5.66. The summed E-state index contributed by atoms with van der Waals surface area (Å²) in [5, 5.41) is 10.5. The number of nitrogens with two attached hydrogens (primary N) is 1. The highest BCUT2D eigenvalue weighted by Gasteiger charge is 2.31. The standard InChI is InChI=1S/C27H30N6O/c1-18-11-33(26-7-5-19(10-28)27-25(26)3-2-8-30-27)17-24(34-18)16-31-12-20-4-6-23(9-21(20)13-31)32-14-22(29)15-32/h2-9,18,22,24H,11-17,29H2,1H3/t18-,24+/m1/s1. The molecule has 174 valence electrons. The maximum atomic E-state index is 9.49. The molecule has 3 aromatic rings. The number of pyridine rings is 1. The molecular formula is C27H30N6O. The number of hydrogen-bond donors (Lipinski definition) is 1. The molecule has 1 aromatic heterocycles. The van der Waals surface area contributed by atoms with Crippen molar-refractivity contribution in [2.45, 2.75) is 38.3 Å². The highest BCUT2D eigenvalue weighted by atomic mass is 16.5. The van der Waals surface area contributed by atoms with Gasteiger partial charge in [-0.2, -0.15) is 5.26 Å². The van der Waals surface area contributed by atoms with Crippen molar-refractivity contribution in [2.24, 2.45) is 5.73 Å². The molecule has 2 aromatic carbocycles.